The Morgan fingerprint density at radius 2 is 1.96 bits per heavy atom. The fourth-order valence-electron chi connectivity index (χ4n) is 3.18. The smallest absolute Gasteiger partial charge is 0.255 e. The van der Waals surface area contributed by atoms with Crippen molar-refractivity contribution in [1.82, 2.24) is 10.6 Å². The average Bonchev–Trinajstić information content (AvgIpc) is 3.19. The molecule has 3 rings (SSSR count). The van der Waals surface area contributed by atoms with Gasteiger partial charge in [0, 0.05) is 24.2 Å². The lowest BCUT2D eigenvalue weighted by Gasteiger charge is -2.10. The molecule has 2 amide bonds. The van der Waals surface area contributed by atoms with Crippen molar-refractivity contribution in [3.8, 4) is 0 Å². The molecule has 3 N–H and O–H groups in total. The molecule has 28 heavy (non-hydrogen) atoms. The molecule has 1 aliphatic rings. The highest BCUT2D eigenvalue weighted by atomic mass is 35.5. The Balaban J connectivity index is 0.00000280. The van der Waals surface area contributed by atoms with Crippen LogP contribution in [0.15, 0.2) is 48.5 Å². The minimum absolute atomic E-state index is 0. The van der Waals surface area contributed by atoms with Crippen molar-refractivity contribution in [1.29, 1.82) is 0 Å². The SMILES string of the molecule is Cl.O=C(CCC1CCNC1)NCc1cccc(NC(=O)c2cccc(F)c2)c1. The molecule has 2 aromatic carbocycles. The zero-order valence-electron chi connectivity index (χ0n) is 15.5. The Hall–Kier alpha value is -2.44. The molecular formula is C21H25ClFN3O2. The first-order valence-corrected chi connectivity index (χ1v) is 9.23. The number of carbonyl (C=O) groups is 2. The molecule has 2 aromatic rings. The van der Waals surface area contributed by atoms with E-state index in [9.17, 15) is 14.0 Å². The standard InChI is InChI=1S/C21H24FN3O2.ClH/c22-18-5-2-4-17(12-18)21(27)25-19-6-1-3-16(11-19)14-24-20(26)8-7-15-9-10-23-13-15;/h1-6,11-12,15,23H,7-10,13-14H2,(H,24,26)(H,25,27);1H. The van der Waals surface area contributed by atoms with Crippen LogP contribution < -0.4 is 16.0 Å². The number of hydrogen-bond acceptors (Lipinski definition) is 3. The molecule has 0 spiro atoms. The lowest BCUT2D eigenvalue weighted by Crippen LogP contribution is -2.23. The monoisotopic (exact) mass is 405 g/mol. The van der Waals surface area contributed by atoms with Gasteiger partial charge in [0.05, 0.1) is 0 Å². The van der Waals surface area contributed by atoms with Gasteiger partial charge >= 0.3 is 0 Å². The number of hydrogen-bond donors (Lipinski definition) is 3. The normalized spacial score (nSPS) is 15.5. The molecule has 1 atom stereocenters. The Kier molecular flexibility index (Phi) is 8.42. The van der Waals surface area contributed by atoms with Crippen LogP contribution in [0.4, 0.5) is 10.1 Å². The van der Waals surface area contributed by atoms with E-state index in [0.717, 1.165) is 31.5 Å². The van der Waals surface area contributed by atoms with Crippen LogP contribution in [0.5, 0.6) is 0 Å². The molecule has 0 aliphatic carbocycles. The molecule has 0 aromatic heterocycles. The van der Waals surface area contributed by atoms with Gasteiger partial charge in [0.1, 0.15) is 5.82 Å². The average molecular weight is 406 g/mol. The number of nitrogens with one attached hydrogen (secondary N) is 3. The first-order valence-electron chi connectivity index (χ1n) is 9.23. The second kappa shape index (κ2) is 10.8. The fourth-order valence-corrected chi connectivity index (χ4v) is 3.18. The summed E-state index contributed by atoms with van der Waals surface area (Å²) in [4.78, 5) is 24.2. The van der Waals surface area contributed by atoms with E-state index in [-0.39, 0.29) is 29.8 Å². The van der Waals surface area contributed by atoms with E-state index in [2.05, 4.69) is 16.0 Å². The van der Waals surface area contributed by atoms with E-state index < -0.39 is 5.82 Å². The third-order valence-electron chi connectivity index (χ3n) is 4.70. The van der Waals surface area contributed by atoms with Crippen LogP contribution in [0, 0.1) is 11.7 Å². The summed E-state index contributed by atoms with van der Waals surface area (Å²) < 4.78 is 13.2. The van der Waals surface area contributed by atoms with Crippen molar-refractivity contribution in [2.45, 2.75) is 25.8 Å². The first-order chi connectivity index (χ1) is 13.1. The minimum atomic E-state index is -0.451. The molecule has 1 unspecified atom stereocenters. The van der Waals surface area contributed by atoms with E-state index >= 15 is 0 Å². The Bertz CT molecular complexity index is 810. The number of rotatable bonds is 7. The van der Waals surface area contributed by atoms with Crippen molar-refractivity contribution < 1.29 is 14.0 Å². The summed E-state index contributed by atoms with van der Waals surface area (Å²) in [5.41, 5.74) is 1.76. The van der Waals surface area contributed by atoms with Gasteiger partial charge in [-0.15, -0.1) is 12.4 Å². The Labute approximate surface area is 170 Å². The van der Waals surface area contributed by atoms with E-state index in [1.807, 2.05) is 12.1 Å². The van der Waals surface area contributed by atoms with Gasteiger partial charge in [0.25, 0.3) is 5.91 Å². The van der Waals surface area contributed by atoms with Gasteiger partial charge in [0.2, 0.25) is 5.91 Å². The van der Waals surface area contributed by atoms with E-state index in [4.69, 9.17) is 0 Å². The van der Waals surface area contributed by atoms with Gasteiger partial charge in [-0.1, -0.05) is 18.2 Å². The number of amides is 2. The number of benzene rings is 2. The van der Waals surface area contributed by atoms with Gasteiger partial charge in [-0.2, -0.15) is 0 Å². The molecule has 5 nitrogen and oxygen atoms in total. The molecule has 1 saturated heterocycles. The van der Waals surface area contributed by atoms with Crippen LogP contribution >= 0.6 is 12.4 Å². The zero-order chi connectivity index (χ0) is 19.1. The second-order valence-electron chi connectivity index (χ2n) is 6.84. The van der Waals surface area contributed by atoms with E-state index in [1.54, 1.807) is 18.2 Å². The summed E-state index contributed by atoms with van der Waals surface area (Å²) in [5, 5.41) is 8.97. The predicted octanol–water partition coefficient (Wildman–Crippen LogP) is 3.51. The summed E-state index contributed by atoms with van der Waals surface area (Å²) in [7, 11) is 0. The molecular weight excluding hydrogens is 381 g/mol. The molecule has 1 fully saturated rings. The maximum Gasteiger partial charge on any atom is 0.255 e. The molecule has 150 valence electrons. The third-order valence-corrected chi connectivity index (χ3v) is 4.70. The lowest BCUT2D eigenvalue weighted by atomic mass is 10.0. The maximum atomic E-state index is 13.2. The number of anilines is 1. The van der Waals surface area contributed by atoms with Gasteiger partial charge < -0.3 is 16.0 Å². The van der Waals surface area contributed by atoms with Gasteiger partial charge in [-0.25, -0.2) is 4.39 Å². The first kappa shape index (κ1) is 21.9. The highest BCUT2D eigenvalue weighted by Gasteiger charge is 2.15. The van der Waals surface area contributed by atoms with Gasteiger partial charge in [-0.05, 0) is 67.7 Å². The second-order valence-corrected chi connectivity index (χ2v) is 6.84. The van der Waals surface area contributed by atoms with Crippen LogP contribution in [-0.2, 0) is 11.3 Å². The minimum Gasteiger partial charge on any atom is -0.352 e. The quantitative estimate of drug-likeness (QED) is 0.660. The largest absolute Gasteiger partial charge is 0.352 e. The number of carbonyl (C=O) groups excluding carboxylic acids is 2. The van der Waals surface area contributed by atoms with Crippen LogP contribution in [0.25, 0.3) is 0 Å². The van der Waals surface area contributed by atoms with Crippen molar-refractivity contribution in [3.63, 3.8) is 0 Å². The topological polar surface area (TPSA) is 70.2 Å². The molecule has 1 aliphatic heterocycles. The van der Waals surface area contributed by atoms with Crippen LogP contribution in [-0.4, -0.2) is 24.9 Å². The molecule has 7 heteroatoms. The Morgan fingerprint density at radius 1 is 1.14 bits per heavy atom. The van der Waals surface area contributed by atoms with Crippen molar-refractivity contribution >= 4 is 29.9 Å². The zero-order valence-corrected chi connectivity index (χ0v) is 16.4. The lowest BCUT2D eigenvalue weighted by molar-refractivity contribution is -0.121. The molecule has 1 heterocycles. The summed E-state index contributed by atoms with van der Waals surface area (Å²) >= 11 is 0. The summed E-state index contributed by atoms with van der Waals surface area (Å²) in [6.45, 7) is 2.45. The van der Waals surface area contributed by atoms with Crippen LogP contribution in [0.3, 0.4) is 0 Å². The molecule has 0 radical (unpaired) electrons. The van der Waals surface area contributed by atoms with Crippen molar-refractivity contribution in [3.05, 3.63) is 65.5 Å². The van der Waals surface area contributed by atoms with Gasteiger partial charge in [-0.3, -0.25) is 9.59 Å². The van der Waals surface area contributed by atoms with Crippen LogP contribution in [0.2, 0.25) is 0 Å². The van der Waals surface area contributed by atoms with E-state index in [1.165, 1.54) is 18.2 Å². The van der Waals surface area contributed by atoms with Crippen molar-refractivity contribution in [2.75, 3.05) is 18.4 Å². The van der Waals surface area contributed by atoms with Gasteiger partial charge in [0.15, 0.2) is 0 Å². The summed E-state index contributed by atoms with van der Waals surface area (Å²) in [6.07, 6.45) is 2.57. The Morgan fingerprint density at radius 3 is 2.71 bits per heavy atom. The maximum absolute atomic E-state index is 13.2. The summed E-state index contributed by atoms with van der Waals surface area (Å²) in [6, 6.07) is 12.8. The summed E-state index contributed by atoms with van der Waals surface area (Å²) in [5.74, 6) is -0.193. The molecule has 0 bridgehead atoms. The van der Waals surface area contributed by atoms with E-state index in [0.29, 0.717) is 24.6 Å². The highest BCUT2D eigenvalue weighted by Crippen LogP contribution is 2.15. The highest BCUT2D eigenvalue weighted by molar-refractivity contribution is 6.04. The predicted molar refractivity (Wildman–Crippen MR) is 110 cm³/mol. The van der Waals surface area contributed by atoms with Crippen molar-refractivity contribution in [2.24, 2.45) is 5.92 Å². The third kappa shape index (κ3) is 6.62. The fraction of sp³-hybridized carbons (Fsp3) is 0.333. The van der Waals surface area contributed by atoms with Crippen LogP contribution in [0.1, 0.15) is 35.2 Å². The number of halogens is 2. The molecule has 0 saturated carbocycles.